The van der Waals surface area contributed by atoms with Crippen molar-refractivity contribution in [3.05, 3.63) is 40.4 Å². The molecule has 0 bridgehead atoms. The molecule has 1 aromatic carbocycles. The molecule has 0 N–H and O–H groups in total. The van der Waals surface area contributed by atoms with Gasteiger partial charge in [-0.15, -0.1) is 5.10 Å². The van der Waals surface area contributed by atoms with Crippen molar-refractivity contribution < 1.29 is 13.2 Å². The summed E-state index contributed by atoms with van der Waals surface area (Å²) >= 11 is 4.99. The van der Waals surface area contributed by atoms with Crippen LogP contribution in [0.1, 0.15) is 18.3 Å². The number of nitrogens with zero attached hydrogens (tertiary/aromatic N) is 3. The Morgan fingerprint density at radius 3 is 2.26 bits per heavy atom. The molecule has 2 aromatic rings. The molecule has 1 aromatic heterocycles. The molecular weight excluding hydrogens is 275 g/mol. The second-order valence-electron chi connectivity index (χ2n) is 4.08. The number of hydrogen-bond acceptors (Lipinski definition) is 2. The number of aryl methyl sites for hydroxylation is 2. The Morgan fingerprint density at radius 1 is 1.21 bits per heavy atom. The maximum Gasteiger partial charge on any atom is 0.452 e. The van der Waals surface area contributed by atoms with Gasteiger partial charge in [-0.25, -0.2) is 4.68 Å². The van der Waals surface area contributed by atoms with Crippen LogP contribution in [0.3, 0.4) is 0 Å². The van der Waals surface area contributed by atoms with E-state index in [2.05, 4.69) is 5.10 Å². The van der Waals surface area contributed by atoms with Gasteiger partial charge in [0.05, 0.1) is 0 Å². The Labute approximate surface area is 113 Å². The lowest BCUT2D eigenvalue weighted by atomic mass is 10.1. The molecule has 102 valence electrons. The van der Waals surface area contributed by atoms with Crippen molar-refractivity contribution in [3.63, 3.8) is 0 Å². The van der Waals surface area contributed by atoms with Crippen molar-refractivity contribution in [3.8, 4) is 5.69 Å². The Balaban J connectivity index is 2.63. The number of rotatable bonds is 2. The van der Waals surface area contributed by atoms with Crippen molar-refractivity contribution >= 4 is 12.2 Å². The Kier molecular flexibility index (Phi) is 3.49. The molecule has 0 aliphatic carbocycles. The molecule has 0 saturated heterocycles. The van der Waals surface area contributed by atoms with Gasteiger partial charge in [-0.1, -0.05) is 19.1 Å². The van der Waals surface area contributed by atoms with Crippen LogP contribution in [-0.2, 0) is 19.6 Å². The first kappa shape index (κ1) is 13.8. The first-order chi connectivity index (χ1) is 8.84. The third-order valence-corrected chi connectivity index (χ3v) is 3.23. The number of aromatic nitrogens is 3. The monoisotopic (exact) mass is 287 g/mol. The zero-order valence-corrected chi connectivity index (χ0v) is 11.2. The van der Waals surface area contributed by atoms with Crippen molar-refractivity contribution in [2.24, 2.45) is 7.05 Å². The second-order valence-corrected chi connectivity index (χ2v) is 4.45. The zero-order chi connectivity index (χ0) is 14.2. The van der Waals surface area contributed by atoms with Gasteiger partial charge in [0.15, 0.2) is 0 Å². The normalized spacial score (nSPS) is 11.8. The highest BCUT2D eigenvalue weighted by molar-refractivity contribution is 7.71. The molecule has 0 fully saturated rings. The van der Waals surface area contributed by atoms with Crippen molar-refractivity contribution in [1.82, 2.24) is 14.3 Å². The van der Waals surface area contributed by atoms with E-state index in [-0.39, 0.29) is 4.77 Å². The lowest BCUT2D eigenvalue weighted by Gasteiger charge is -2.09. The van der Waals surface area contributed by atoms with E-state index in [9.17, 15) is 13.2 Å². The largest absolute Gasteiger partial charge is 0.452 e. The molecule has 19 heavy (non-hydrogen) atoms. The fourth-order valence-corrected chi connectivity index (χ4v) is 1.99. The molecular formula is C12H12F3N3S. The highest BCUT2D eigenvalue weighted by atomic mass is 32.1. The summed E-state index contributed by atoms with van der Waals surface area (Å²) in [7, 11) is 1.40. The molecule has 0 atom stereocenters. The minimum atomic E-state index is -4.54. The van der Waals surface area contributed by atoms with Crippen LogP contribution in [0.15, 0.2) is 24.3 Å². The average molecular weight is 287 g/mol. The van der Waals surface area contributed by atoms with E-state index in [0.29, 0.717) is 5.69 Å². The molecule has 0 radical (unpaired) electrons. The predicted octanol–water partition coefficient (Wildman–Crippen LogP) is 3.52. The predicted molar refractivity (Wildman–Crippen MR) is 67.7 cm³/mol. The smallest absolute Gasteiger partial charge is 0.264 e. The van der Waals surface area contributed by atoms with Gasteiger partial charge >= 0.3 is 6.18 Å². The molecule has 2 rings (SSSR count). The van der Waals surface area contributed by atoms with Crippen LogP contribution in [0, 0.1) is 4.77 Å². The summed E-state index contributed by atoms with van der Waals surface area (Å²) in [6.45, 7) is 1.98. The van der Waals surface area contributed by atoms with Gasteiger partial charge in [0, 0.05) is 12.7 Å². The topological polar surface area (TPSA) is 22.8 Å². The summed E-state index contributed by atoms with van der Waals surface area (Å²) < 4.78 is 40.8. The van der Waals surface area contributed by atoms with Crippen molar-refractivity contribution in [2.45, 2.75) is 19.5 Å². The van der Waals surface area contributed by atoms with Gasteiger partial charge in [-0.05, 0) is 36.3 Å². The summed E-state index contributed by atoms with van der Waals surface area (Å²) in [5.41, 5.74) is 1.41. The summed E-state index contributed by atoms with van der Waals surface area (Å²) in [5, 5.41) is 3.45. The summed E-state index contributed by atoms with van der Waals surface area (Å²) in [4.78, 5) is 0. The molecule has 7 heteroatoms. The lowest BCUT2D eigenvalue weighted by molar-refractivity contribution is -0.146. The van der Waals surface area contributed by atoms with E-state index in [0.717, 1.165) is 21.2 Å². The van der Waals surface area contributed by atoms with Gasteiger partial charge in [-0.3, -0.25) is 4.57 Å². The van der Waals surface area contributed by atoms with Gasteiger partial charge < -0.3 is 0 Å². The third kappa shape index (κ3) is 2.56. The van der Waals surface area contributed by atoms with E-state index < -0.39 is 12.0 Å². The van der Waals surface area contributed by atoms with E-state index in [1.165, 1.54) is 7.05 Å². The van der Waals surface area contributed by atoms with Crippen molar-refractivity contribution in [1.29, 1.82) is 0 Å². The molecule has 0 saturated carbocycles. The lowest BCUT2D eigenvalue weighted by Crippen LogP contribution is -2.14. The van der Waals surface area contributed by atoms with Crippen LogP contribution in [0.25, 0.3) is 5.69 Å². The molecule has 0 aliphatic heterocycles. The van der Waals surface area contributed by atoms with Crippen LogP contribution in [0.5, 0.6) is 0 Å². The quantitative estimate of drug-likeness (QED) is 0.789. The fraction of sp³-hybridized carbons (Fsp3) is 0.333. The molecule has 0 spiro atoms. The Hall–Kier alpha value is -1.63. The third-order valence-electron chi connectivity index (χ3n) is 2.78. The van der Waals surface area contributed by atoms with Crippen LogP contribution in [0.2, 0.25) is 0 Å². The van der Waals surface area contributed by atoms with E-state index in [1.54, 1.807) is 24.3 Å². The van der Waals surface area contributed by atoms with Gasteiger partial charge in [-0.2, -0.15) is 13.2 Å². The van der Waals surface area contributed by atoms with Crippen LogP contribution in [-0.4, -0.2) is 14.3 Å². The van der Waals surface area contributed by atoms with Crippen LogP contribution in [0.4, 0.5) is 13.2 Å². The van der Waals surface area contributed by atoms with E-state index >= 15 is 0 Å². The maximum absolute atomic E-state index is 12.9. The second kappa shape index (κ2) is 4.80. The molecule has 0 amide bonds. The SMILES string of the molecule is CCc1ccc(-n2c(C(F)(F)F)nn(C)c2=S)cc1. The summed E-state index contributed by atoms with van der Waals surface area (Å²) in [6.07, 6.45) is -3.72. The highest BCUT2D eigenvalue weighted by Crippen LogP contribution is 2.30. The summed E-state index contributed by atoms with van der Waals surface area (Å²) in [6, 6.07) is 6.80. The van der Waals surface area contributed by atoms with Gasteiger partial charge in [0.2, 0.25) is 10.6 Å². The highest BCUT2D eigenvalue weighted by Gasteiger charge is 2.38. The molecule has 0 aliphatic rings. The molecule has 0 unspecified atom stereocenters. The maximum atomic E-state index is 12.9. The average Bonchev–Trinajstić information content (AvgIpc) is 2.66. The minimum absolute atomic E-state index is 0.0107. The first-order valence-electron chi connectivity index (χ1n) is 5.67. The first-order valence-corrected chi connectivity index (χ1v) is 6.08. The van der Waals surface area contributed by atoms with E-state index in [1.807, 2.05) is 6.92 Å². The minimum Gasteiger partial charge on any atom is -0.264 e. The number of hydrogen-bond donors (Lipinski definition) is 0. The number of alkyl halides is 3. The zero-order valence-electron chi connectivity index (χ0n) is 10.4. The van der Waals surface area contributed by atoms with E-state index in [4.69, 9.17) is 12.2 Å². The fourth-order valence-electron chi connectivity index (χ4n) is 1.76. The molecule has 3 nitrogen and oxygen atoms in total. The van der Waals surface area contributed by atoms with Crippen LogP contribution < -0.4 is 0 Å². The number of benzene rings is 1. The van der Waals surface area contributed by atoms with Gasteiger partial charge in [0.25, 0.3) is 0 Å². The van der Waals surface area contributed by atoms with Crippen molar-refractivity contribution in [2.75, 3.05) is 0 Å². The Morgan fingerprint density at radius 2 is 1.79 bits per heavy atom. The standard InChI is InChI=1S/C12H12F3N3S/c1-3-8-4-6-9(7-5-8)18-10(12(13,14)15)16-17(2)11(18)19/h4-7H,3H2,1-2H3. The number of halogens is 3. The molecule has 1 heterocycles. The Bertz CT molecular complexity index is 638. The van der Waals surface area contributed by atoms with Crippen LogP contribution >= 0.6 is 12.2 Å². The summed E-state index contributed by atoms with van der Waals surface area (Å²) in [5.74, 6) is -1.01. The van der Waals surface area contributed by atoms with Gasteiger partial charge in [0.1, 0.15) is 0 Å².